The maximum absolute atomic E-state index is 12.6. The zero-order valence-electron chi connectivity index (χ0n) is 13.9. The maximum atomic E-state index is 12.6. The van der Waals surface area contributed by atoms with Crippen LogP contribution in [0.3, 0.4) is 0 Å². The number of aliphatic hydroxyl groups is 1. The van der Waals surface area contributed by atoms with Gasteiger partial charge in [0.25, 0.3) is 0 Å². The van der Waals surface area contributed by atoms with Crippen molar-refractivity contribution in [3.63, 3.8) is 0 Å². The molecule has 2 aliphatic rings. The number of rotatable bonds is 7. The third-order valence-electron chi connectivity index (χ3n) is 3.98. The van der Waals surface area contributed by atoms with E-state index in [2.05, 4.69) is 5.32 Å². The minimum Gasteiger partial charge on any atom is -0.380 e. The van der Waals surface area contributed by atoms with Gasteiger partial charge in [-0.2, -0.15) is 0 Å². The minimum absolute atomic E-state index is 0.0780. The predicted molar refractivity (Wildman–Crippen MR) is 81.7 cm³/mol. The predicted octanol–water partition coefficient (Wildman–Crippen LogP) is 1.84. The summed E-state index contributed by atoms with van der Waals surface area (Å²) < 4.78 is 34.8. The lowest BCUT2D eigenvalue weighted by atomic mass is 10.1. The van der Waals surface area contributed by atoms with Gasteiger partial charge in [-0.1, -0.05) is 0 Å². The molecule has 2 N–H and O–H groups in total. The first-order valence-electron chi connectivity index (χ1n) is 7.91. The molecule has 2 aliphatic heterocycles. The highest BCUT2D eigenvalue weighted by Crippen LogP contribution is 2.54. The van der Waals surface area contributed by atoms with E-state index >= 15 is 0 Å². The van der Waals surface area contributed by atoms with Gasteiger partial charge in [-0.05, 0) is 34.6 Å². The minimum atomic E-state index is -3.53. The number of fused-ring (bicyclic) bond motifs is 1. The van der Waals surface area contributed by atoms with Gasteiger partial charge in [0.2, 0.25) is 0 Å². The molecule has 22 heavy (non-hydrogen) atoms. The molecule has 2 fully saturated rings. The fourth-order valence-electron chi connectivity index (χ4n) is 3.17. The van der Waals surface area contributed by atoms with E-state index in [1.54, 1.807) is 13.8 Å². The van der Waals surface area contributed by atoms with Crippen LogP contribution in [0.5, 0.6) is 0 Å². The molecule has 0 bridgehead atoms. The molecule has 2 saturated heterocycles. The number of nitrogens with one attached hydrogen (secondary N) is 1. The Kier molecular flexibility index (Phi) is 5.71. The van der Waals surface area contributed by atoms with Crippen molar-refractivity contribution in [1.29, 1.82) is 0 Å². The van der Waals surface area contributed by atoms with E-state index in [0.717, 1.165) is 0 Å². The largest absolute Gasteiger partial charge is 0.380 e. The summed E-state index contributed by atoms with van der Waals surface area (Å²) in [7, 11) is -3.53. The van der Waals surface area contributed by atoms with Crippen LogP contribution in [0.4, 0.5) is 0 Å². The first-order chi connectivity index (χ1) is 10.2. The molecule has 0 unspecified atom stereocenters. The van der Waals surface area contributed by atoms with Gasteiger partial charge in [0.05, 0.1) is 13.2 Å². The van der Waals surface area contributed by atoms with Gasteiger partial charge in [-0.15, -0.1) is 0 Å². The standard InChI is InChI=1S/C14H28NO6P/c1-6-18-22(17,19-7-2)11(16)8-10-13-12(9(3)15-10)20-14(4,5)21-13/h9-13,15-16H,6-8H2,1-5H3/t9-,10-,11+,12+,13-/m0/s1. The van der Waals surface area contributed by atoms with Gasteiger partial charge in [0, 0.05) is 18.5 Å². The molecule has 8 heteroatoms. The van der Waals surface area contributed by atoms with E-state index in [-0.39, 0.29) is 43.9 Å². The van der Waals surface area contributed by atoms with E-state index in [4.69, 9.17) is 18.5 Å². The number of hydrogen-bond donors (Lipinski definition) is 2. The Morgan fingerprint density at radius 2 is 1.77 bits per heavy atom. The second-order valence-corrected chi connectivity index (χ2v) is 8.41. The monoisotopic (exact) mass is 337 g/mol. The fourth-order valence-corrected chi connectivity index (χ4v) is 4.79. The van der Waals surface area contributed by atoms with Crippen LogP contribution in [0.15, 0.2) is 0 Å². The number of ether oxygens (including phenoxy) is 2. The molecule has 0 saturated carbocycles. The van der Waals surface area contributed by atoms with E-state index in [1.807, 2.05) is 20.8 Å². The molecular formula is C14H28NO6P. The van der Waals surface area contributed by atoms with Gasteiger partial charge in [-0.25, -0.2) is 0 Å². The van der Waals surface area contributed by atoms with Crippen LogP contribution >= 0.6 is 7.60 Å². The average Bonchev–Trinajstić information content (AvgIpc) is 2.86. The lowest BCUT2D eigenvalue weighted by molar-refractivity contribution is -0.156. The molecule has 0 aliphatic carbocycles. The Balaban J connectivity index is 2.05. The number of hydrogen-bond acceptors (Lipinski definition) is 7. The highest BCUT2D eigenvalue weighted by atomic mass is 31.2. The molecular weight excluding hydrogens is 309 g/mol. The van der Waals surface area contributed by atoms with Crippen LogP contribution in [-0.4, -0.2) is 54.2 Å². The van der Waals surface area contributed by atoms with Crippen molar-refractivity contribution < 1.29 is 28.2 Å². The Morgan fingerprint density at radius 3 is 2.32 bits per heavy atom. The Morgan fingerprint density at radius 1 is 1.23 bits per heavy atom. The normalized spacial score (nSPS) is 35.5. The molecule has 0 aromatic rings. The van der Waals surface area contributed by atoms with Crippen LogP contribution in [-0.2, 0) is 23.1 Å². The average molecular weight is 337 g/mol. The highest BCUT2D eigenvalue weighted by molar-refractivity contribution is 7.54. The van der Waals surface area contributed by atoms with Crippen molar-refractivity contribution in [1.82, 2.24) is 5.32 Å². The Bertz CT molecular complexity index is 422. The van der Waals surface area contributed by atoms with E-state index < -0.39 is 19.2 Å². The molecule has 0 aromatic carbocycles. The molecule has 0 amide bonds. The molecule has 2 heterocycles. The summed E-state index contributed by atoms with van der Waals surface area (Å²) in [5, 5.41) is 13.7. The summed E-state index contributed by atoms with van der Waals surface area (Å²) in [5.74, 6) is -1.83. The van der Waals surface area contributed by atoms with Gasteiger partial charge in [0.15, 0.2) is 11.6 Å². The molecule has 7 nitrogen and oxygen atoms in total. The Labute approximate surface area is 132 Å². The molecule has 130 valence electrons. The zero-order chi connectivity index (χ0) is 16.5. The molecule has 5 atom stereocenters. The zero-order valence-corrected chi connectivity index (χ0v) is 14.8. The van der Waals surface area contributed by atoms with Crippen LogP contribution in [0.25, 0.3) is 0 Å². The summed E-state index contributed by atoms with van der Waals surface area (Å²) in [4.78, 5) is 0. The van der Waals surface area contributed by atoms with Crippen molar-refractivity contribution in [3.05, 3.63) is 0 Å². The molecule has 0 aromatic heterocycles. The van der Waals surface area contributed by atoms with E-state index in [9.17, 15) is 9.67 Å². The van der Waals surface area contributed by atoms with Crippen molar-refractivity contribution >= 4 is 7.60 Å². The van der Waals surface area contributed by atoms with Crippen molar-refractivity contribution in [3.8, 4) is 0 Å². The van der Waals surface area contributed by atoms with Gasteiger partial charge in [-0.3, -0.25) is 4.57 Å². The lowest BCUT2D eigenvalue weighted by Gasteiger charge is -2.27. The second-order valence-electron chi connectivity index (χ2n) is 6.22. The third kappa shape index (κ3) is 3.73. The smallest absolute Gasteiger partial charge is 0.358 e. The first-order valence-corrected chi connectivity index (χ1v) is 9.52. The van der Waals surface area contributed by atoms with Crippen LogP contribution in [0.1, 0.15) is 41.0 Å². The summed E-state index contributed by atoms with van der Waals surface area (Å²) in [6.45, 7) is 9.65. The summed E-state index contributed by atoms with van der Waals surface area (Å²) in [6, 6.07) is -0.0615. The van der Waals surface area contributed by atoms with Gasteiger partial charge >= 0.3 is 7.60 Å². The van der Waals surface area contributed by atoms with Crippen LogP contribution < -0.4 is 5.32 Å². The summed E-state index contributed by atoms with van der Waals surface area (Å²) in [6.07, 6.45) is -0.0375. The van der Waals surface area contributed by atoms with Crippen molar-refractivity contribution in [2.45, 2.75) is 77.0 Å². The van der Waals surface area contributed by atoms with Crippen molar-refractivity contribution in [2.24, 2.45) is 0 Å². The van der Waals surface area contributed by atoms with E-state index in [0.29, 0.717) is 0 Å². The maximum Gasteiger partial charge on any atom is 0.358 e. The van der Waals surface area contributed by atoms with Crippen LogP contribution in [0.2, 0.25) is 0 Å². The SMILES string of the molecule is CCOP(=O)(OCC)[C@@H](O)C[C@@H]1N[C@@H](C)[C@H]2OC(C)(C)O[C@H]21. The van der Waals surface area contributed by atoms with Gasteiger partial charge in [0.1, 0.15) is 12.2 Å². The second kappa shape index (κ2) is 6.85. The quantitative estimate of drug-likeness (QED) is 0.686. The number of aliphatic hydroxyl groups excluding tert-OH is 1. The highest BCUT2D eigenvalue weighted by Gasteiger charge is 2.53. The topological polar surface area (TPSA) is 86.3 Å². The lowest BCUT2D eigenvalue weighted by Crippen LogP contribution is -2.39. The molecule has 0 radical (unpaired) electrons. The first kappa shape index (κ1) is 18.3. The van der Waals surface area contributed by atoms with Crippen molar-refractivity contribution in [2.75, 3.05) is 13.2 Å². The molecule has 0 spiro atoms. The fraction of sp³-hybridized carbons (Fsp3) is 1.00. The summed E-state index contributed by atoms with van der Waals surface area (Å²) in [5.41, 5.74) is 0. The van der Waals surface area contributed by atoms with E-state index in [1.165, 1.54) is 0 Å². The van der Waals surface area contributed by atoms with Crippen LogP contribution in [0, 0.1) is 0 Å². The van der Waals surface area contributed by atoms with Gasteiger partial charge < -0.3 is 28.9 Å². The molecule has 2 rings (SSSR count). The third-order valence-corrected chi connectivity index (χ3v) is 6.15. The Hall–Kier alpha value is -0.0100. The summed E-state index contributed by atoms with van der Waals surface area (Å²) >= 11 is 0.